The highest BCUT2D eigenvalue weighted by Gasteiger charge is 2.13. The molecule has 0 unspecified atom stereocenters. The van der Waals surface area contributed by atoms with Crippen molar-refractivity contribution in [3.05, 3.63) is 53.9 Å². The largest absolute Gasteiger partial charge is 0.497 e. The monoisotopic (exact) mass is 356 g/mol. The van der Waals surface area contributed by atoms with Gasteiger partial charge in [-0.3, -0.25) is 0 Å². The molecule has 3 aromatic rings. The summed E-state index contributed by atoms with van der Waals surface area (Å²) in [7, 11) is 3.06. The van der Waals surface area contributed by atoms with Crippen LogP contribution < -0.4 is 14.2 Å². The van der Waals surface area contributed by atoms with Gasteiger partial charge in [-0.25, -0.2) is 4.79 Å². The molecule has 0 radical (unpaired) electrons. The van der Waals surface area contributed by atoms with E-state index < -0.39 is 5.97 Å². The number of hydrogen-bond donors (Lipinski definition) is 1. The lowest BCUT2D eigenvalue weighted by Crippen LogP contribution is -2.01. The number of methoxy groups -OCH3 is 2. The summed E-state index contributed by atoms with van der Waals surface area (Å²) in [5.41, 5.74) is 0.858. The van der Waals surface area contributed by atoms with Crippen LogP contribution in [0.4, 0.5) is 0 Å². The Morgan fingerprint density at radius 2 is 1.85 bits per heavy atom. The summed E-state index contributed by atoms with van der Waals surface area (Å²) in [6, 6.07) is 11.6. The highest BCUT2D eigenvalue weighted by atomic mass is 16.5. The van der Waals surface area contributed by atoms with Crippen LogP contribution in [-0.4, -0.2) is 35.4 Å². The number of carboxylic acids is 1. The fourth-order valence-corrected chi connectivity index (χ4v) is 2.23. The number of hydrogen-bond acceptors (Lipinski definition) is 7. The van der Waals surface area contributed by atoms with E-state index in [1.165, 1.54) is 25.3 Å². The molecule has 26 heavy (non-hydrogen) atoms. The number of aromatic carboxylic acids is 1. The summed E-state index contributed by atoms with van der Waals surface area (Å²) in [6.07, 6.45) is 0. The Kier molecular flexibility index (Phi) is 5.02. The van der Waals surface area contributed by atoms with Crippen LogP contribution in [-0.2, 0) is 6.61 Å². The van der Waals surface area contributed by atoms with Crippen LogP contribution in [0, 0.1) is 0 Å². The van der Waals surface area contributed by atoms with Gasteiger partial charge in [0.25, 0.3) is 5.89 Å². The lowest BCUT2D eigenvalue weighted by atomic mass is 10.2. The van der Waals surface area contributed by atoms with Crippen LogP contribution in [0.5, 0.6) is 17.2 Å². The van der Waals surface area contributed by atoms with Crippen LogP contribution in [0.3, 0.4) is 0 Å². The second-order valence-corrected chi connectivity index (χ2v) is 5.20. The van der Waals surface area contributed by atoms with Gasteiger partial charge in [-0.1, -0.05) is 5.16 Å². The van der Waals surface area contributed by atoms with Gasteiger partial charge in [0.15, 0.2) is 18.1 Å². The second-order valence-electron chi connectivity index (χ2n) is 5.20. The van der Waals surface area contributed by atoms with Crippen LogP contribution >= 0.6 is 0 Å². The molecule has 0 saturated heterocycles. The Morgan fingerprint density at radius 3 is 2.50 bits per heavy atom. The smallest absolute Gasteiger partial charge is 0.335 e. The van der Waals surface area contributed by atoms with Gasteiger partial charge in [0.2, 0.25) is 5.82 Å². The maximum atomic E-state index is 11.1. The van der Waals surface area contributed by atoms with E-state index in [0.29, 0.717) is 11.6 Å². The lowest BCUT2D eigenvalue weighted by Gasteiger charge is -2.09. The molecule has 0 bridgehead atoms. The topological polar surface area (TPSA) is 104 Å². The molecule has 0 amide bonds. The molecule has 3 rings (SSSR count). The molecule has 1 N–H and O–H groups in total. The summed E-state index contributed by atoms with van der Waals surface area (Å²) in [5, 5.41) is 13.0. The molecule has 0 fully saturated rings. The van der Waals surface area contributed by atoms with E-state index in [-0.39, 0.29) is 23.8 Å². The summed E-state index contributed by atoms with van der Waals surface area (Å²) in [4.78, 5) is 15.4. The maximum absolute atomic E-state index is 11.1. The minimum Gasteiger partial charge on any atom is -0.497 e. The molecule has 0 aliphatic heterocycles. The van der Waals surface area contributed by atoms with Crippen molar-refractivity contribution in [3.8, 4) is 28.6 Å². The Hall–Kier alpha value is -3.55. The zero-order chi connectivity index (χ0) is 18.5. The molecular weight excluding hydrogens is 340 g/mol. The normalized spacial score (nSPS) is 10.4. The van der Waals surface area contributed by atoms with E-state index in [0.717, 1.165) is 11.3 Å². The maximum Gasteiger partial charge on any atom is 0.335 e. The fourth-order valence-electron chi connectivity index (χ4n) is 2.23. The summed E-state index contributed by atoms with van der Waals surface area (Å²) >= 11 is 0. The van der Waals surface area contributed by atoms with E-state index in [1.807, 2.05) is 12.1 Å². The molecule has 0 spiro atoms. The minimum absolute atomic E-state index is 0.0252. The Balaban J connectivity index is 1.73. The zero-order valence-electron chi connectivity index (χ0n) is 14.1. The number of benzene rings is 2. The van der Waals surface area contributed by atoms with E-state index in [2.05, 4.69) is 10.1 Å². The van der Waals surface area contributed by atoms with Crippen molar-refractivity contribution < 1.29 is 28.6 Å². The van der Waals surface area contributed by atoms with Crippen molar-refractivity contribution in [2.75, 3.05) is 14.2 Å². The third-order valence-electron chi connectivity index (χ3n) is 3.58. The molecule has 134 valence electrons. The van der Waals surface area contributed by atoms with Crippen LogP contribution in [0.25, 0.3) is 11.4 Å². The molecule has 0 atom stereocenters. The van der Waals surface area contributed by atoms with Gasteiger partial charge in [-0.15, -0.1) is 0 Å². The molecule has 0 aliphatic carbocycles. The molecular formula is C18H16N2O6. The number of rotatable bonds is 7. The van der Waals surface area contributed by atoms with Gasteiger partial charge < -0.3 is 23.8 Å². The number of ether oxygens (including phenoxy) is 3. The van der Waals surface area contributed by atoms with Gasteiger partial charge in [-0.2, -0.15) is 4.98 Å². The van der Waals surface area contributed by atoms with Crippen molar-refractivity contribution in [2.24, 2.45) is 0 Å². The number of aromatic nitrogens is 2. The zero-order valence-corrected chi connectivity index (χ0v) is 14.1. The first-order valence-corrected chi connectivity index (χ1v) is 7.62. The van der Waals surface area contributed by atoms with Crippen LogP contribution in [0.1, 0.15) is 16.2 Å². The summed E-state index contributed by atoms with van der Waals surface area (Å²) in [6.45, 7) is -0.0252. The van der Waals surface area contributed by atoms with Gasteiger partial charge in [0.1, 0.15) is 5.75 Å². The van der Waals surface area contributed by atoms with Crippen molar-refractivity contribution in [1.29, 1.82) is 0 Å². The first-order valence-electron chi connectivity index (χ1n) is 7.62. The second kappa shape index (κ2) is 7.56. The fraction of sp³-hybridized carbons (Fsp3) is 0.167. The quantitative estimate of drug-likeness (QED) is 0.689. The predicted molar refractivity (Wildman–Crippen MR) is 90.6 cm³/mol. The van der Waals surface area contributed by atoms with Crippen molar-refractivity contribution >= 4 is 5.97 Å². The lowest BCUT2D eigenvalue weighted by molar-refractivity contribution is 0.0696. The molecule has 2 aromatic carbocycles. The number of nitrogens with zero attached hydrogens (tertiary/aromatic N) is 2. The summed E-state index contributed by atoms with van der Waals surface area (Å²) in [5.74, 6) is 1.01. The Bertz CT molecular complexity index is 904. The van der Waals surface area contributed by atoms with Crippen LogP contribution in [0.15, 0.2) is 47.0 Å². The van der Waals surface area contributed by atoms with Crippen molar-refractivity contribution in [1.82, 2.24) is 10.1 Å². The third-order valence-corrected chi connectivity index (χ3v) is 3.58. The van der Waals surface area contributed by atoms with Gasteiger partial charge in [0.05, 0.1) is 19.8 Å². The molecule has 0 aliphatic rings. The first-order chi connectivity index (χ1) is 12.6. The van der Waals surface area contributed by atoms with E-state index in [9.17, 15) is 4.79 Å². The average Bonchev–Trinajstić information content (AvgIpc) is 3.15. The predicted octanol–water partition coefficient (Wildman–Crippen LogP) is 3.03. The SMILES string of the molecule is COc1ccc(-c2noc(COc3cc(C(=O)O)ccc3OC)n2)cc1. The standard InChI is InChI=1S/C18H16N2O6/c1-23-13-6-3-11(4-7-13)17-19-16(26-20-17)10-25-15-9-12(18(21)22)5-8-14(15)24-2/h3-9H,10H2,1-2H3,(H,21,22). The van der Waals surface area contributed by atoms with E-state index >= 15 is 0 Å². The van der Waals surface area contributed by atoms with Crippen molar-refractivity contribution in [3.63, 3.8) is 0 Å². The third kappa shape index (κ3) is 3.75. The number of carboxylic acid groups (broad SMARTS) is 1. The van der Waals surface area contributed by atoms with Gasteiger partial charge in [0, 0.05) is 5.56 Å². The Labute approximate surface area is 148 Å². The van der Waals surface area contributed by atoms with Crippen LogP contribution in [0.2, 0.25) is 0 Å². The number of carbonyl (C=O) groups is 1. The molecule has 1 aromatic heterocycles. The highest BCUT2D eigenvalue weighted by Crippen LogP contribution is 2.29. The summed E-state index contributed by atoms with van der Waals surface area (Å²) < 4.78 is 21.0. The Morgan fingerprint density at radius 1 is 1.08 bits per heavy atom. The molecule has 0 saturated carbocycles. The van der Waals surface area contributed by atoms with Crippen molar-refractivity contribution in [2.45, 2.75) is 6.61 Å². The van der Waals surface area contributed by atoms with Gasteiger partial charge in [-0.05, 0) is 42.5 Å². The van der Waals surface area contributed by atoms with E-state index in [4.69, 9.17) is 23.8 Å². The molecule has 1 heterocycles. The average molecular weight is 356 g/mol. The van der Waals surface area contributed by atoms with Gasteiger partial charge >= 0.3 is 5.97 Å². The minimum atomic E-state index is -1.06. The van der Waals surface area contributed by atoms with E-state index in [1.54, 1.807) is 19.2 Å². The highest BCUT2D eigenvalue weighted by molar-refractivity contribution is 5.88. The first kappa shape index (κ1) is 17.3. The molecule has 8 heteroatoms. The molecule has 8 nitrogen and oxygen atoms in total.